The molecular formula is C46H54Si. The summed E-state index contributed by atoms with van der Waals surface area (Å²) in [5.74, 6) is 0. The lowest BCUT2D eigenvalue weighted by Crippen LogP contribution is -2.32. The molecule has 0 spiro atoms. The Morgan fingerprint density at radius 2 is 0.872 bits per heavy atom. The molecule has 0 aliphatic heterocycles. The molecule has 2 aliphatic rings. The van der Waals surface area contributed by atoms with Crippen LogP contribution in [0.5, 0.6) is 0 Å². The molecule has 4 aromatic rings. The van der Waals surface area contributed by atoms with Gasteiger partial charge >= 0.3 is 0 Å². The molecule has 242 valence electrons. The van der Waals surface area contributed by atoms with Crippen molar-refractivity contribution in [3.8, 4) is 22.3 Å². The molecule has 6 rings (SSSR count). The van der Waals surface area contributed by atoms with E-state index in [2.05, 4.69) is 139 Å². The molecule has 4 aromatic carbocycles. The lowest BCUT2D eigenvalue weighted by atomic mass is 9.96. The minimum absolute atomic E-state index is 1.17. The van der Waals surface area contributed by atoms with Gasteiger partial charge in [0, 0.05) is 12.8 Å². The Kier molecular flexibility index (Phi) is 10.5. The summed E-state index contributed by atoms with van der Waals surface area (Å²) in [6, 6.07) is 32.5. The highest BCUT2D eigenvalue weighted by Crippen LogP contribution is 2.54. The van der Waals surface area contributed by atoms with E-state index in [0.29, 0.717) is 0 Å². The Labute approximate surface area is 287 Å². The summed E-state index contributed by atoms with van der Waals surface area (Å²) < 4.78 is 0. The highest BCUT2D eigenvalue weighted by atomic mass is 28.3. The molecule has 47 heavy (non-hydrogen) atoms. The molecule has 0 aromatic heterocycles. The van der Waals surface area contributed by atoms with Gasteiger partial charge in [-0.2, -0.15) is 0 Å². The van der Waals surface area contributed by atoms with Crippen molar-refractivity contribution >= 4 is 18.5 Å². The fraction of sp³-hybridized carbons (Fsp3) is 0.348. The molecule has 0 amide bonds. The monoisotopic (exact) mass is 634 g/mol. The van der Waals surface area contributed by atoms with Gasteiger partial charge in [0.1, 0.15) is 8.07 Å². The molecule has 0 N–H and O–H groups in total. The Morgan fingerprint density at radius 1 is 0.468 bits per heavy atom. The Morgan fingerprint density at radius 3 is 1.26 bits per heavy atom. The quantitative estimate of drug-likeness (QED) is 0.0956. The van der Waals surface area contributed by atoms with Crippen molar-refractivity contribution in [1.82, 2.24) is 0 Å². The van der Waals surface area contributed by atoms with Crippen LogP contribution in [0, 0.1) is 26.7 Å². The number of allylic oxidation sites excluding steroid dienone is 2. The van der Waals surface area contributed by atoms with Gasteiger partial charge in [0.05, 0.1) is 0 Å². The number of unbranched alkanes of at least 4 members (excludes halogenated alkanes) is 6. The van der Waals surface area contributed by atoms with Crippen molar-refractivity contribution in [2.24, 2.45) is 0 Å². The summed E-state index contributed by atoms with van der Waals surface area (Å²) in [6.45, 7) is 14.4. The lowest BCUT2D eigenvalue weighted by Gasteiger charge is -2.33. The average Bonchev–Trinajstić information content (AvgIpc) is 3.65. The van der Waals surface area contributed by atoms with E-state index in [1.165, 1.54) is 120 Å². The minimum atomic E-state index is -2.26. The number of hydrogen-bond donors (Lipinski definition) is 0. The number of rotatable bonds is 14. The maximum atomic E-state index is 2.68. The second-order valence-corrected chi connectivity index (χ2v) is 18.9. The summed E-state index contributed by atoms with van der Waals surface area (Å²) in [4.78, 5) is 0. The fourth-order valence-electron chi connectivity index (χ4n) is 8.16. The Bertz CT molecular complexity index is 1630. The second kappa shape index (κ2) is 14.8. The van der Waals surface area contributed by atoms with Gasteiger partial charge in [-0.1, -0.05) is 173 Å². The molecule has 0 saturated carbocycles. The van der Waals surface area contributed by atoms with Crippen LogP contribution in [0.25, 0.3) is 32.6 Å². The van der Waals surface area contributed by atoms with E-state index in [9.17, 15) is 0 Å². The number of aryl methyl sites for hydroxylation is 2. The van der Waals surface area contributed by atoms with Crippen LogP contribution in [0.15, 0.2) is 96.1 Å². The molecule has 0 heterocycles. The van der Waals surface area contributed by atoms with Crippen LogP contribution >= 0.6 is 0 Å². The summed E-state index contributed by atoms with van der Waals surface area (Å²) in [5, 5.41) is 3.36. The highest BCUT2D eigenvalue weighted by Gasteiger charge is 2.43. The van der Waals surface area contributed by atoms with E-state index in [4.69, 9.17) is 0 Å². The van der Waals surface area contributed by atoms with Crippen molar-refractivity contribution in [2.75, 3.05) is 0 Å². The number of hydrogen-bond acceptors (Lipinski definition) is 0. The molecule has 0 nitrogen and oxygen atoms in total. The molecule has 0 saturated heterocycles. The Balaban J connectivity index is 1.55. The van der Waals surface area contributed by atoms with Gasteiger partial charge in [0.25, 0.3) is 0 Å². The van der Waals surface area contributed by atoms with E-state index in [-0.39, 0.29) is 0 Å². The maximum absolute atomic E-state index is 2.68. The number of benzene rings is 4. The lowest BCUT2D eigenvalue weighted by molar-refractivity contribution is 0.667. The predicted octanol–water partition coefficient (Wildman–Crippen LogP) is 13.7. The van der Waals surface area contributed by atoms with Gasteiger partial charge in [-0.15, -0.1) is 0 Å². The minimum Gasteiger partial charge on any atom is -0.0654 e. The summed E-state index contributed by atoms with van der Waals surface area (Å²) in [6.07, 6.45) is 17.8. The van der Waals surface area contributed by atoms with E-state index in [1.807, 2.05) is 0 Å². The summed E-state index contributed by atoms with van der Waals surface area (Å²) in [5.41, 5.74) is 17.2. The Hall–Kier alpha value is -3.42. The molecular weight excluding hydrogens is 581 g/mol. The molecule has 0 atom stereocenters. The van der Waals surface area contributed by atoms with E-state index in [1.54, 1.807) is 21.5 Å². The smallest absolute Gasteiger partial charge is 0.0654 e. The topological polar surface area (TPSA) is 0 Å². The van der Waals surface area contributed by atoms with Crippen molar-refractivity contribution in [3.63, 3.8) is 0 Å². The van der Waals surface area contributed by atoms with Crippen LogP contribution in [-0.4, -0.2) is 8.07 Å². The molecule has 2 radical (unpaired) electrons. The summed E-state index contributed by atoms with van der Waals surface area (Å²) >= 11 is 0. The average molecular weight is 635 g/mol. The van der Waals surface area contributed by atoms with Crippen molar-refractivity contribution < 1.29 is 0 Å². The van der Waals surface area contributed by atoms with Gasteiger partial charge in [-0.05, 0) is 94.4 Å². The SMILES string of the molecule is CCCCCCC1=C([Si](C)(C)C2=C(CCCCCC)[CH]c3cccc(-c4ccc(C)cc4)c32)c2c(cccc2-c2ccc(C)cc2)[CH]1. The zero-order chi connectivity index (χ0) is 33.0. The number of fused-ring (bicyclic) bond motifs is 2. The zero-order valence-corrected chi connectivity index (χ0v) is 30.8. The van der Waals surface area contributed by atoms with Crippen molar-refractivity contribution in [1.29, 1.82) is 0 Å². The van der Waals surface area contributed by atoms with Crippen LogP contribution < -0.4 is 0 Å². The first-order valence-electron chi connectivity index (χ1n) is 18.4. The standard InChI is InChI=1S/C46H54Si/c1-7-9-11-13-17-39-31-37-19-15-21-41(35-27-23-33(3)24-28-35)43(37)45(39)47(5,6)46-40(18-14-12-10-8-2)32-38-20-16-22-42(44(38)46)36-29-25-34(4)26-30-36/h15-16,19-32H,7-14,17-18H2,1-6H3. The molecule has 1 heteroatoms. The van der Waals surface area contributed by atoms with Gasteiger partial charge in [-0.25, -0.2) is 0 Å². The van der Waals surface area contributed by atoms with Crippen molar-refractivity contribution in [2.45, 2.75) is 105 Å². The first-order valence-corrected chi connectivity index (χ1v) is 21.4. The molecule has 2 aliphatic carbocycles. The molecule has 0 bridgehead atoms. The highest BCUT2D eigenvalue weighted by molar-refractivity contribution is 7.09. The first-order chi connectivity index (χ1) is 22.8. The zero-order valence-electron chi connectivity index (χ0n) is 29.8. The van der Waals surface area contributed by atoms with Gasteiger partial charge in [-0.3, -0.25) is 0 Å². The van der Waals surface area contributed by atoms with Crippen LogP contribution in [0.2, 0.25) is 13.1 Å². The normalized spacial score (nSPS) is 14.3. The molecule has 0 unspecified atom stereocenters. The maximum Gasteiger partial charge on any atom is 0.113 e. The van der Waals surface area contributed by atoms with Gasteiger partial charge < -0.3 is 0 Å². The van der Waals surface area contributed by atoms with Crippen LogP contribution in [0.4, 0.5) is 0 Å². The summed E-state index contributed by atoms with van der Waals surface area (Å²) in [7, 11) is -2.26. The molecule has 0 fully saturated rings. The van der Waals surface area contributed by atoms with Crippen LogP contribution in [0.3, 0.4) is 0 Å². The third kappa shape index (κ3) is 6.93. The van der Waals surface area contributed by atoms with Gasteiger partial charge in [0.15, 0.2) is 0 Å². The van der Waals surface area contributed by atoms with E-state index < -0.39 is 8.07 Å². The second-order valence-electron chi connectivity index (χ2n) is 14.6. The first kappa shape index (κ1) is 33.5. The van der Waals surface area contributed by atoms with Crippen LogP contribution in [0.1, 0.15) is 111 Å². The third-order valence-corrected chi connectivity index (χ3v) is 14.2. The van der Waals surface area contributed by atoms with Crippen molar-refractivity contribution in [3.05, 3.63) is 142 Å². The van der Waals surface area contributed by atoms with Crippen LogP contribution in [-0.2, 0) is 0 Å². The third-order valence-electron chi connectivity index (χ3n) is 10.6. The van der Waals surface area contributed by atoms with Gasteiger partial charge in [0.2, 0.25) is 0 Å². The fourth-order valence-corrected chi connectivity index (χ4v) is 12.2. The largest absolute Gasteiger partial charge is 0.113 e. The van der Waals surface area contributed by atoms with E-state index in [0.717, 1.165) is 0 Å². The predicted molar refractivity (Wildman–Crippen MR) is 209 cm³/mol. The van der Waals surface area contributed by atoms with E-state index >= 15 is 0 Å².